The van der Waals surface area contributed by atoms with Gasteiger partial charge >= 0.3 is 5.97 Å². The molecule has 0 bridgehead atoms. The Morgan fingerprint density at radius 2 is 1.84 bits per heavy atom. The van der Waals surface area contributed by atoms with E-state index in [1.54, 1.807) is 6.92 Å². The molecule has 19 heavy (non-hydrogen) atoms. The molecule has 0 radical (unpaired) electrons. The Morgan fingerprint density at radius 1 is 1.16 bits per heavy atom. The lowest BCUT2D eigenvalue weighted by atomic mass is 10.2. The average Bonchev–Trinajstić information content (AvgIpc) is 2.44. The van der Waals surface area contributed by atoms with Gasteiger partial charge in [-0.15, -0.1) is 0 Å². The normalized spacial score (nSPS) is 9.79. The first-order valence-electron chi connectivity index (χ1n) is 6.29. The highest BCUT2D eigenvalue weighted by atomic mass is 16.5. The molecular formula is C14H19NO4. The van der Waals surface area contributed by atoms with E-state index in [-0.39, 0.29) is 19.1 Å². The summed E-state index contributed by atoms with van der Waals surface area (Å²) >= 11 is 0. The zero-order valence-corrected chi connectivity index (χ0v) is 11.3. The first-order valence-corrected chi connectivity index (χ1v) is 6.29. The first-order chi connectivity index (χ1) is 9.15. The van der Waals surface area contributed by atoms with Crippen molar-refractivity contribution in [3.8, 4) is 5.75 Å². The van der Waals surface area contributed by atoms with E-state index in [1.165, 1.54) is 5.56 Å². The Hall–Kier alpha value is -2.04. The molecule has 1 N–H and O–H groups in total. The molecule has 0 unspecified atom stereocenters. The maximum Gasteiger partial charge on any atom is 0.325 e. The molecule has 0 fully saturated rings. The largest absolute Gasteiger partial charge is 0.484 e. The van der Waals surface area contributed by atoms with E-state index in [0.29, 0.717) is 12.4 Å². The monoisotopic (exact) mass is 265 g/mol. The number of hydrogen-bond donors (Lipinski definition) is 1. The van der Waals surface area contributed by atoms with Crippen LogP contribution in [-0.2, 0) is 20.7 Å². The summed E-state index contributed by atoms with van der Waals surface area (Å²) in [5.74, 6) is -0.181. The van der Waals surface area contributed by atoms with E-state index in [9.17, 15) is 9.59 Å². The number of carbonyl (C=O) groups is 2. The number of hydrogen-bond acceptors (Lipinski definition) is 4. The van der Waals surface area contributed by atoms with Crippen LogP contribution in [-0.4, -0.2) is 31.6 Å². The topological polar surface area (TPSA) is 64.6 Å². The van der Waals surface area contributed by atoms with Crippen LogP contribution in [0.25, 0.3) is 0 Å². The second kappa shape index (κ2) is 8.13. The van der Waals surface area contributed by atoms with Gasteiger partial charge in [0.15, 0.2) is 6.61 Å². The molecule has 0 aromatic heterocycles. The van der Waals surface area contributed by atoms with Crippen molar-refractivity contribution in [3.05, 3.63) is 29.8 Å². The van der Waals surface area contributed by atoms with E-state index in [4.69, 9.17) is 4.74 Å². The van der Waals surface area contributed by atoms with Crippen LogP contribution >= 0.6 is 0 Å². The van der Waals surface area contributed by atoms with E-state index in [2.05, 4.69) is 17.0 Å². The Balaban J connectivity index is 2.27. The third kappa shape index (κ3) is 5.90. The van der Waals surface area contributed by atoms with Crippen LogP contribution in [0.2, 0.25) is 0 Å². The zero-order valence-electron chi connectivity index (χ0n) is 11.3. The van der Waals surface area contributed by atoms with Gasteiger partial charge in [0.25, 0.3) is 5.91 Å². The van der Waals surface area contributed by atoms with Gasteiger partial charge in [-0.05, 0) is 31.0 Å². The molecule has 0 atom stereocenters. The minimum absolute atomic E-state index is 0.120. The molecule has 0 saturated heterocycles. The SMILES string of the molecule is CCOC(=O)CNC(=O)COc1ccc(CC)cc1. The van der Waals surface area contributed by atoms with Crippen LogP contribution in [0.3, 0.4) is 0 Å². The lowest BCUT2D eigenvalue weighted by Gasteiger charge is -2.07. The van der Waals surface area contributed by atoms with Crippen molar-refractivity contribution in [2.24, 2.45) is 0 Å². The molecular weight excluding hydrogens is 246 g/mol. The standard InChI is InChI=1S/C14H19NO4/c1-3-11-5-7-12(8-6-11)19-10-13(16)15-9-14(17)18-4-2/h5-8H,3-4,9-10H2,1-2H3,(H,15,16). The average molecular weight is 265 g/mol. The van der Waals surface area contributed by atoms with Crippen molar-refractivity contribution in [1.82, 2.24) is 5.32 Å². The van der Waals surface area contributed by atoms with Crippen molar-refractivity contribution in [1.29, 1.82) is 0 Å². The molecule has 5 heteroatoms. The third-order valence-corrected chi connectivity index (χ3v) is 2.44. The predicted molar refractivity (Wildman–Crippen MR) is 71.0 cm³/mol. The van der Waals surface area contributed by atoms with Crippen LogP contribution in [0.1, 0.15) is 19.4 Å². The minimum atomic E-state index is -0.455. The van der Waals surface area contributed by atoms with E-state index < -0.39 is 5.97 Å². The van der Waals surface area contributed by atoms with E-state index in [0.717, 1.165) is 6.42 Å². The summed E-state index contributed by atoms with van der Waals surface area (Å²) in [6, 6.07) is 7.53. The molecule has 1 rings (SSSR count). The van der Waals surface area contributed by atoms with Crippen LogP contribution in [0.5, 0.6) is 5.75 Å². The number of ether oxygens (including phenoxy) is 2. The number of carbonyl (C=O) groups excluding carboxylic acids is 2. The summed E-state index contributed by atoms with van der Waals surface area (Å²) in [5.41, 5.74) is 1.21. The van der Waals surface area contributed by atoms with Crippen molar-refractivity contribution >= 4 is 11.9 Å². The lowest BCUT2D eigenvalue weighted by molar-refractivity contribution is -0.143. The molecule has 0 aliphatic heterocycles. The number of esters is 1. The molecule has 0 saturated carbocycles. The highest BCUT2D eigenvalue weighted by molar-refractivity contribution is 5.82. The summed E-state index contributed by atoms with van der Waals surface area (Å²) in [6.45, 7) is 3.83. The van der Waals surface area contributed by atoms with Gasteiger partial charge in [0.1, 0.15) is 12.3 Å². The summed E-state index contributed by atoms with van der Waals surface area (Å²) in [6.07, 6.45) is 0.959. The second-order valence-corrected chi connectivity index (χ2v) is 3.87. The maximum absolute atomic E-state index is 11.4. The number of nitrogens with one attached hydrogen (secondary N) is 1. The highest BCUT2D eigenvalue weighted by Crippen LogP contribution is 2.12. The smallest absolute Gasteiger partial charge is 0.325 e. The minimum Gasteiger partial charge on any atom is -0.484 e. The van der Waals surface area contributed by atoms with Crippen molar-refractivity contribution < 1.29 is 19.1 Å². The van der Waals surface area contributed by atoms with Crippen molar-refractivity contribution in [3.63, 3.8) is 0 Å². The van der Waals surface area contributed by atoms with Crippen LogP contribution in [0.4, 0.5) is 0 Å². The molecule has 0 aliphatic carbocycles. The Bertz CT molecular complexity index is 414. The van der Waals surface area contributed by atoms with Gasteiger partial charge in [-0.3, -0.25) is 9.59 Å². The summed E-state index contributed by atoms with van der Waals surface area (Å²) in [5, 5.41) is 2.42. The van der Waals surface area contributed by atoms with Crippen LogP contribution in [0.15, 0.2) is 24.3 Å². The summed E-state index contributed by atoms with van der Waals surface area (Å²) < 4.78 is 9.98. The van der Waals surface area contributed by atoms with Gasteiger partial charge in [-0.1, -0.05) is 19.1 Å². The summed E-state index contributed by atoms with van der Waals surface area (Å²) in [4.78, 5) is 22.4. The van der Waals surface area contributed by atoms with Crippen molar-refractivity contribution in [2.45, 2.75) is 20.3 Å². The molecule has 1 aromatic carbocycles. The van der Waals surface area contributed by atoms with E-state index in [1.807, 2.05) is 24.3 Å². The number of benzene rings is 1. The zero-order chi connectivity index (χ0) is 14.1. The Kier molecular flexibility index (Phi) is 6.43. The van der Waals surface area contributed by atoms with Crippen LogP contribution in [0, 0.1) is 0 Å². The van der Waals surface area contributed by atoms with Crippen molar-refractivity contribution in [2.75, 3.05) is 19.8 Å². The Labute approximate surface area is 112 Å². The molecule has 0 spiro atoms. The third-order valence-electron chi connectivity index (χ3n) is 2.44. The molecule has 1 aromatic rings. The van der Waals surface area contributed by atoms with Gasteiger partial charge in [0.2, 0.25) is 0 Å². The molecule has 0 aliphatic rings. The molecule has 104 valence electrons. The second-order valence-electron chi connectivity index (χ2n) is 3.87. The lowest BCUT2D eigenvalue weighted by Crippen LogP contribution is -2.34. The fourth-order valence-electron chi connectivity index (χ4n) is 1.40. The van der Waals surface area contributed by atoms with Gasteiger partial charge in [-0.25, -0.2) is 0 Å². The number of rotatable bonds is 7. The number of amides is 1. The highest BCUT2D eigenvalue weighted by Gasteiger charge is 2.06. The van der Waals surface area contributed by atoms with Gasteiger partial charge < -0.3 is 14.8 Å². The number of aryl methyl sites for hydroxylation is 1. The predicted octanol–water partition coefficient (Wildman–Crippen LogP) is 1.31. The van der Waals surface area contributed by atoms with Gasteiger partial charge in [-0.2, -0.15) is 0 Å². The molecule has 1 amide bonds. The molecule has 0 heterocycles. The quantitative estimate of drug-likeness (QED) is 0.755. The fraction of sp³-hybridized carbons (Fsp3) is 0.429. The fourth-order valence-corrected chi connectivity index (χ4v) is 1.40. The molecule has 5 nitrogen and oxygen atoms in total. The first kappa shape index (κ1) is 15.0. The van der Waals surface area contributed by atoms with E-state index >= 15 is 0 Å². The van der Waals surface area contributed by atoms with Crippen LogP contribution < -0.4 is 10.1 Å². The van der Waals surface area contributed by atoms with Gasteiger partial charge in [0, 0.05) is 0 Å². The summed E-state index contributed by atoms with van der Waals surface area (Å²) in [7, 11) is 0. The Morgan fingerprint density at radius 3 is 2.42 bits per heavy atom. The maximum atomic E-state index is 11.4. The van der Waals surface area contributed by atoms with Gasteiger partial charge in [0.05, 0.1) is 6.61 Å².